The quantitative estimate of drug-likeness (QED) is 0.498. The Balaban J connectivity index is 2.04. The summed E-state index contributed by atoms with van der Waals surface area (Å²) in [6.07, 6.45) is 13.5. The molecule has 1 aromatic rings. The number of hydrogen-bond acceptors (Lipinski definition) is 2. The fourth-order valence-corrected chi connectivity index (χ4v) is 1.47. The zero-order valence-corrected chi connectivity index (χ0v) is 9.83. The summed E-state index contributed by atoms with van der Waals surface area (Å²) in [5, 5.41) is 0. The van der Waals surface area contributed by atoms with Gasteiger partial charge in [0.25, 0.3) is 0 Å². The zero-order chi connectivity index (χ0) is 10.9. The number of nitrogens with zero attached hydrogens (tertiary/aromatic N) is 1. The first-order valence-corrected chi connectivity index (χ1v) is 5.89. The maximum atomic E-state index is 5.39. The Labute approximate surface area is 92.4 Å². The lowest BCUT2D eigenvalue weighted by Gasteiger charge is -1.93. The van der Waals surface area contributed by atoms with Gasteiger partial charge in [0.15, 0.2) is 5.89 Å². The topological polar surface area (TPSA) is 26.0 Å². The molecule has 0 aromatic carbocycles. The fraction of sp³-hybridized carbons (Fsp3) is 0.615. The Morgan fingerprint density at radius 3 is 2.60 bits per heavy atom. The summed E-state index contributed by atoms with van der Waals surface area (Å²) in [5.41, 5.74) is 0. The zero-order valence-electron chi connectivity index (χ0n) is 9.83. The van der Waals surface area contributed by atoms with E-state index >= 15 is 0 Å². The van der Waals surface area contributed by atoms with Crippen LogP contribution < -0.4 is 0 Å². The predicted octanol–water partition coefficient (Wildman–Crippen LogP) is 4.05. The summed E-state index contributed by atoms with van der Waals surface area (Å²) in [4.78, 5) is 4.07. The van der Waals surface area contributed by atoms with E-state index in [0.717, 1.165) is 30.9 Å². The van der Waals surface area contributed by atoms with E-state index < -0.39 is 0 Å². The third kappa shape index (κ3) is 5.40. The highest BCUT2D eigenvalue weighted by molar-refractivity contribution is 4.93. The maximum Gasteiger partial charge on any atom is 0.191 e. The summed E-state index contributed by atoms with van der Waals surface area (Å²) in [7, 11) is 0. The smallest absolute Gasteiger partial charge is 0.191 e. The van der Waals surface area contributed by atoms with Gasteiger partial charge in [-0.25, -0.2) is 4.98 Å². The molecule has 0 unspecified atom stereocenters. The van der Waals surface area contributed by atoms with E-state index in [1.807, 2.05) is 13.1 Å². The minimum absolute atomic E-state index is 0.767. The Kier molecular flexibility index (Phi) is 5.83. The van der Waals surface area contributed by atoms with Gasteiger partial charge in [0, 0.05) is 13.3 Å². The van der Waals surface area contributed by atoms with Gasteiger partial charge in [-0.05, 0) is 19.3 Å². The largest absolute Gasteiger partial charge is 0.446 e. The van der Waals surface area contributed by atoms with Crippen molar-refractivity contribution in [3.8, 4) is 0 Å². The lowest BCUT2D eigenvalue weighted by molar-refractivity contribution is 0.470. The Hall–Kier alpha value is -1.05. The molecule has 0 aliphatic heterocycles. The Bertz CT molecular complexity index is 288. The van der Waals surface area contributed by atoms with Crippen LogP contribution in [-0.2, 0) is 6.42 Å². The molecule has 0 bridgehead atoms. The van der Waals surface area contributed by atoms with Crippen LogP contribution >= 0.6 is 0 Å². The monoisotopic (exact) mass is 207 g/mol. The van der Waals surface area contributed by atoms with Crippen molar-refractivity contribution in [3.63, 3.8) is 0 Å². The van der Waals surface area contributed by atoms with Crippen molar-refractivity contribution < 1.29 is 4.42 Å². The van der Waals surface area contributed by atoms with Gasteiger partial charge >= 0.3 is 0 Å². The standard InChI is InChI=1S/C13H21NO/c1-3-4-5-6-7-8-9-10-13-11-14-12(2)15-13/h6-7,11H,3-5,8-10H2,1-2H3/b7-6-. The molecular weight excluding hydrogens is 186 g/mol. The molecule has 2 heteroatoms. The highest BCUT2D eigenvalue weighted by Gasteiger charge is 1.97. The second-order valence-electron chi connectivity index (χ2n) is 3.85. The molecule has 1 rings (SSSR count). The molecule has 1 aromatic heterocycles. The molecular formula is C13H21NO. The average molecular weight is 207 g/mol. The second-order valence-corrected chi connectivity index (χ2v) is 3.85. The molecule has 0 atom stereocenters. The van der Waals surface area contributed by atoms with Crippen LogP contribution in [0.15, 0.2) is 22.8 Å². The summed E-state index contributed by atoms with van der Waals surface area (Å²) < 4.78 is 5.39. The van der Waals surface area contributed by atoms with E-state index in [1.165, 1.54) is 19.3 Å². The third-order valence-corrected chi connectivity index (χ3v) is 2.35. The van der Waals surface area contributed by atoms with Crippen molar-refractivity contribution in [3.05, 3.63) is 30.0 Å². The Morgan fingerprint density at radius 2 is 2.00 bits per heavy atom. The van der Waals surface area contributed by atoms with Gasteiger partial charge in [-0.1, -0.05) is 31.9 Å². The highest BCUT2D eigenvalue weighted by atomic mass is 16.3. The van der Waals surface area contributed by atoms with Gasteiger partial charge in [-0.2, -0.15) is 0 Å². The van der Waals surface area contributed by atoms with Crippen molar-refractivity contribution in [1.29, 1.82) is 0 Å². The highest BCUT2D eigenvalue weighted by Crippen LogP contribution is 2.07. The van der Waals surface area contributed by atoms with Gasteiger partial charge in [-0.15, -0.1) is 0 Å². The molecule has 0 fully saturated rings. The summed E-state index contributed by atoms with van der Waals surface area (Å²) in [6, 6.07) is 0. The minimum Gasteiger partial charge on any atom is -0.446 e. The number of aryl methyl sites for hydroxylation is 2. The molecule has 0 aliphatic rings. The molecule has 2 nitrogen and oxygen atoms in total. The van der Waals surface area contributed by atoms with Gasteiger partial charge in [0.2, 0.25) is 0 Å². The van der Waals surface area contributed by atoms with Crippen molar-refractivity contribution in [2.45, 2.75) is 52.4 Å². The minimum atomic E-state index is 0.767. The summed E-state index contributed by atoms with van der Waals surface area (Å²) >= 11 is 0. The number of oxazole rings is 1. The van der Waals surface area contributed by atoms with Crippen LogP contribution in [0.2, 0.25) is 0 Å². The first kappa shape index (κ1) is 12.0. The van der Waals surface area contributed by atoms with E-state index in [9.17, 15) is 0 Å². The first-order valence-electron chi connectivity index (χ1n) is 5.89. The molecule has 0 amide bonds. The lowest BCUT2D eigenvalue weighted by Crippen LogP contribution is -1.80. The predicted molar refractivity (Wildman–Crippen MR) is 62.8 cm³/mol. The van der Waals surface area contributed by atoms with Crippen LogP contribution in [0, 0.1) is 6.92 Å². The number of aromatic nitrogens is 1. The molecule has 0 spiro atoms. The maximum absolute atomic E-state index is 5.39. The number of allylic oxidation sites excluding steroid dienone is 2. The van der Waals surface area contributed by atoms with E-state index in [0.29, 0.717) is 0 Å². The van der Waals surface area contributed by atoms with Crippen molar-refractivity contribution >= 4 is 0 Å². The first-order chi connectivity index (χ1) is 7.33. The lowest BCUT2D eigenvalue weighted by atomic mass is 10.2. The van der Waals surface area contributed by atoms with Crippen LogP contribution in [0.4, 0.5) is 0 Å². The molecule has 0 aliphatic carbocycles. The molecule has 84 valence electrons. The number of rotatable bonds is 7. The Morgan fingerprint density at radius 1 is 1.27 bits per heavy atom. The molecule has 0 N–H and O–H groups in total. The van der Waals surface area contributed by atoms with Crippen molar-refractivity contribution in [2.75, 3.05) is 0 Å². The van der Waals surface area contributed by atoms with Crippen LogP contribution in [0.25, 0.3) is 0 Å². The van der Waals surface area contributed by atoms with E-state index in [4.69, 9.17) is 4.42 Å². The van der Waals surface area contributed by atoms with Gasteiger partial charge in [0.05, 0.1) is 6.20 Å². The average Bonchev–Trinajstić information content (AvgIpc) is 2.63. The van der Waals surface area contributed by atoms with Gasteiger partial charge in [-0.3, -0.25) is 0 Å². The third-order valence-electron chi connectivity index (χ3n) is 2.35. The van der Waals surface area contributed by atoms with Crippen LogP contribution in [0.3, 0.4) is 0 Å². The summed E-state index contributed by atoms with van der Waals surface area (Å²) in [6.45, 7) is 4.11. The molecule has 0 saturated carbocycles. The number of hydrogen-bond donors (Lipinski definition) is 0. The number of unbranched alkanes of at least 4 members (excludes halogenated alkanes) is 3. The van der Waals surface area contributed by atoms with Crippen LogP contribution in [-0.4, -0.2) is 4.98 Å². The molecule has 0 radical (unpaired) electrons. The second kappa shape index (κ2) is 7.27. The van der Waals surface area contributed by atoms with Gasteiger partial charge < -0.3 is 4.42 Å². The van der Waals surface area contributed by atoms with Crippen LogP contribution in [0.5, 0.6) is 0 Å². The normalized spacial score (nSPS) is 11.3. The molecule has 0 saturated heterocycles. The fourth-order valence-electron chi connectivity index (χ4n) is 1.47. The molecule has 1 heterocycles. The SMILES string of the molecule is CCCC/C=C\CCCc1cnc(C)o1. The van der Waals surface area contributed by atoms with Crippen LogP contribution in [0.1, 0.15) is 50.7 Å². The van der Waals surface area contributed by atoms with Crippen molar-refractivity contribution in [2.24, 2.45) is 0 Å². The van der Waals surface area contributed by atoms with Crippen molar-refractivity contribution in [1.82, 2.24) is 4.98 Å². The summed E-state index contributed by atoms with van der Waals surface area (Å²) in [5.74, 6) is 1.78. The van der Waals surface area contributed by atoms with E-state index in [1.54, 1.807) is 0 Å². The van der Waals surface area contributed by atoms with Gasteiger partial charge in [0.1, 0.15) is 5.76 Å². The molecule has 15 heavy (non-hydrogen) atoms. The van der Waals surface area contributed by atoms with E-state index in [2.05, 4.69) is 24.1 Å². The van der Waals surface area contributed by atoms with E-state index in [-0.39, 0.29) is 0 Å².